The maximum atomic E-state index is 11.2. The van der Waals surface area contributed by atoms with Gasteiger partial charge < -0.3 is 0 Å². The lowest BCUT2D eigenvalue weighted by Crippen LogP contribution is -2.11. The Morgan fingerprint density at radius 1 is 1.25 bits per heavy atom. The summed E-state index contributed by atoms with van der Waals surface area (Å²) in [7, 11) is -3.35. The molecular formula is C9H9Br2NO3S. The molecule has 0 atom stereocenters. The van der Waals surface area contributed by atoms with Crippen molar-refractivity contribution in [1.29, 1.82) is 0 Å². The lowest BCUT2D eigenvalue weighted by atomic mass is 10.1. The summed E-state index contributed by atoms with van der Waals surface area (Å²) in [5.41, 5.74) is 0.880. The number of halogens is 2. The first kappa shape index (κ1) is 13.7. The smallest absolute Gasteiger partial charge is 0.229 e. The molecule has 0 saturated carbocycles. The second-order valence-corrected chi connectivity index (χ2v) is 6.70. The highest BCUT2D eigenvalue weighted by molar-refractivity contribution is 9.11. The van der Waals surface area contributed by atoms with E-state index >= 15 is 0 Å². The zero-order chi connectivity index (χ0) is 12.5. The van der Waals surface area contributed by atoms with Crippen LogP contribution in [-0.4, -0.2) is 20.5 Å². The predicted molar refractivity (Wildman–Crippen MR) is 70.3 cm³/mol. The molecule has 0 aromatic heterocycles. The van der Waals surface area contributed by atoms with Gasteiger partial charge in [0.25, 0.3) is 0 Å². The Kier molecular flexibility index (Phi) is 4.14. The van der Waals surface area contributed by atoms with Gasteiger partial charge in [-0.05, 0) is 50.9 Å². The molecule has 1 N–H and O–H groups in total. The molecule has 1 rings (SSSR count). The van der Waals surface area contributed by atoms with Gasteiger partial charge in [0.15, 0.2) is 5.78 Å². The van der Waals surface area contributed by atoms with Crippen LogP contribution in [-0.2, 0) is 10.0 Å². The fourth-order valence-electron chi connectivity index (χ4n) is 1.06. The number of hydrogen-bond acceptors (Lipinski definition) is 3. The maximum Gasteiger partial charge on any atom is 0.229 e. The van der Waals surface area contributed by atoms with E-state index in [0.717, 1.165) is 6.26 Å². The molecule has 0 saturated heterocycles. The van der Waals surface area contributed by atoms with Crippen molar-refractivity contribution >= 4 is 53.4 Å². The average Bonchev–Trinajstić information content (AvgIpc) is 2.09. The van der Waals surface area contributed by atoms with Crippen LogP contribution >= 0.6 is 31.9 Å². The normalized spacial score (nSPS) is 11.2. The quantitative estimate of drug-likeness (QED) is 0.832. The van der Waals surface area contributed by atoms with E-state index in [0.29, 0.717) is 20.2 Å². The van der Waals surface area contributed by atoms with Gasteiger partial charge in [0, 0.05) is 14.5 Å². The van der Waals surface area contributed by atoms with E-state index < -0.39 is 10.0 Å². The molecule has 0 amide bonds. The second kappa shape index (κ2) is 4.85. The lowest BCUT2D eigenvalue weighted by Gasteiger charge is -2.10. The number of nitrogens with one attached hydrogen (secondary N) is 1. The van der Waals surface area contributed by atoms with Crippen molar-refractivity contribution in [3.05, 3.63) is 26.6 Å². The maximum absolute atomic E-state index is 11.2. The SMILES string of the molecule is CC(=O)c1cc(Br)c(NS(C)(=O)=O)c(Br)c1. The summed E-state index contributed by atoms with van der Waals surface area (Å²) in [4.78, 5) is 11.2. The third-order valence-corrected chi connectivity index (χ3v) is 3.56. The Morgan fingerprint density at radius 2 is 1.69 bits per heavy atom. The van der Waals surface area contributed by atoms with Crippen LogP contribution in [0.15, 0.2) is 21.1 Å². The summed E-state index contributed by atoms with van der Waals surface area (Å²) in [5.74, 6) is -0.0905. The summed E-state index contributed by atoms with van der Waals surface area (Å²) in [6.45, 7) is 1.44. The van der Waals surface area contributed by atoms with Crippen LogP contribution in [0.5, 0.6) is 0 Å². The van der Waals surface area contributed by atoms with Crippen LogP contribution in [0.2, 0.25) is 0 Å². The van der Waals surface area contributed by atoms with Crippen LogP contribution in [0.3, 0.4) is 0 Å². The Bertz CT molecular complexity index is 517. The van der Waals surface area contributed by atoms with Gasteiger partial charge in [-0.1, -0.05) is 0 Å². The number of carbonyl (C=O) groups is 1. The topological polar surface area (TPSA) is 63.2 Å². The van der Waals surface area contributed by atoms with E-state index in [1.54, 1.807) is 12.1 Å². The third kappa shape index (κ3) is 3.57. The largest absolute Gasteiger partial charge is 0.295 e. The molecule has 4 nitrogen and oxygen atoms in total. The molecule has 0 spiro atoms. The minimum absolute atomic E-state index is 0.0905. The Labute approximate surface area is 111 Å². The zero-order valence-electron chi connectivity index (χ0n) is 8.54. The summed E-state index contributed by atoms with van der Waals surface area (Å²) < 4.78 is 25.6. The number of anilines is 1. The number of carbonyl (C=O) groups excluding carboxylic acids is 1. The summed E-state index contributed by atoms with van der Waals surface area (Å²) in [5, 5.41) is 0. The van der Waals surface area contributed by atoms with Crippen molar-refractivity contribution < 1.29 is 13.2 Å². The number of hydrogen-bond donors (Lipinski definition) is 1. The first-order valence-electron chi connectivity index (χ1n) is 4.18. The number of ketones is 1. The molecule has 0 radical (unpaired) electrons. The van der Waals surface area contributed by atoms with Gasteiger partial charge in [-0.3, -0.25) is 9.52 Å². The van der Waals surface area contributed by atoms with E-state index in [2.05, 4.69) is 36.6 Å². The van der Waals surface area contributed by atoms with Crippen molar-refractivity contribution in [1.82, 2.24) is 0 Å². The van der Waals surface area contributed by atoms with E-state index in [-0.39, 0.29) is 5.78 Å². The highest BCUT2D eigenvalue weighted by Crippen LogP contribution is 2.33. The van der Waals surface area contributed by atoms with Crippen LogP contribution in [0, 0.1) is 0 Å². The number of sulfonamides is 1. The fraction of sp³-hybridized carbons (Fsp3) is 0.222. The van der Waals surface area contributed by atoms with E-state index in [4.69, 9.17) is 0 Å². The molecule has 16 heavy (non-hydrogen) atoms. The summed E-state index contributed by atoms with van der Waals surface area (Å²) in [6, 6.07) is 3.14. The molecule has 0 fully saturated rings. The van der Waals surface area contributed by atoms with Crippen molar-refractivity contribution in [2.24, 2.45) is 0 Å². The van der Waals surface area contributed by atoms with E-state index in [9.17, 15) is 13.2 Å². The van der Waals surface area contributed by atoms with Gasteiger partial charge in [-0.25, -0.2) is 8.42 Å². The molecule has 0 aliphatic carbocycles. The molecule has 0 bridgehead atoms. The van der Waals surface area contributed by atoms with Crippen LogP contribution in [0.1, 0.15) is 17.3 Å². The predicted octanol–water partition coefficient (Wildman–Crippen LogP) is 2.79. The van der Waals surface area contributed by atoms with Gasteiger partial charge in [-0.2, -0.15) is 0 Å². The lowest BCUT2D eigenvalue weighted by molar-refractivity contribution is 0.101. The molecule has 88 valence electrons. The van der Waals surface area contributed by atoms with Gasteiger partial charge in [-0.15, -0.1) is 0 Å². The van der Waals surface area contributed by atoms with Gasteiger partial charge in [0.2, 0.25) is 10.0 Å². The zero-order valence-corrected chi connectivity index (χ0v) is 12.5. The molecule has 0 aliphatic heterocycles. The van der Waals surface area contributed by atoms with Crippen molar-refractivity contribution in [2.75, 3.05) is 11.0 Å². The monoisotopic (exact) mass is 369 g/mol. The van der Waals surface area contributed by atoms with Crippen LogP contribution in [0.25, 0.3) is 0 Å². The number of rotatable bonds is 3. The van der Waals surface area contributed by atoms with Crippen molar-refractivity contribution in [3.8, 4) is 0 Å². The minimum Gasteiger partial charge on any atom is -0.295 e. The molecule has 1 aromatic carbocycles. The standard InChI is InChI=1S/C9H9Br2NO3S/c1-5(13)6-3-7(10)9(8(11)4-6)12-16(2,14)15/h3-4,12H,1-2H3. The van der Waals surface area contributed by atoms with Gasteiger partial charge in [0.1, 0.15) is 0 Å². The molecule has 0 unspecified atom stereocenters. The summed E-state index contributed by atoms with van der Waals surface area (Å²) >= 11 is 6.42. The highest BCUT2D eigenvalue weighted by atomic mass is 79.9. The Hall–Kier alpha value is -0.400. The third-order valence-electron chi connectivity index (χ3n) is 1.74. The first-order valence-corrected chi connectivity index (χ1v) is 7.66. The molecule has 0 heterocycles. The average molecular weight is 371 g/mol. The fourth-order valence-corrected chi connectivity index (χ4v) is 3.30. The van der Waals surface area contributed by atoms with Crippen LogP contribution in [0.4, 0.5) is 5.69 Å². The number of Topliss-reactive ketones (excluding diaryl/α,β-unsaturated/α-hetero) is 1. The summed E-state index contributed by atoms with van der Waals surface area (Å²) in [6.07, 6.45) is 1.06. The molecule has 7 heteroatoms. The Balaban J connectivity index is 3.28. The Morgan fingerprint density at radius 3 is 2.00 bits per heavy atom. The van der Waals surface area contributed by atoms with Crippen molar-refractivity contribution in [3.63, 3.8) is 0 Å². The minimum atomic E-state index is -3.35. The molecule has 1 aromatic rings. The van der Waals surface area contributed by atoms with Crippen LogP contribution < -0.4 is 4.72 Å². The van der Waals surface area contributed by atoms with Gasteiger partial charge >= 0.3 is 0 Å². The van der Waals surface area contributed by atoms with E-state index in [1.165, 1.54) is 6.92 Å². The first-order chi connectivity index (χ1) is 7.20. The second-order valence-electron chi connectivity index (χ2n) is 3.25. The van der Waals surface area contributed by atoms with Crippen molar-refractivity contribution in [2.45, 2.75) is 6.92 Å². The molecule has 0 aliphatic rings. The van der Waals surface area contributed by atoms with Gasteiger partial charge in [0.05, 0.1) is 11.9 Å². The molecular weight excluding hydrogens is 362 g/mol. The highest BCUT2D eigenvalue weighted by Gasteiger charge is 2.13. The van der Waals surface area contributed by atoms with E-state index in [1.807, 2.05) is 0 Å². The number of benzene rings is 1.